The fraction of sp³-hybridized carbons (Fsp3) is 0.524. The van der Waals surface area contributed by atoms with Gasteiger partial charge in [0, 0.05) is 33.5 Å². The van der Waals surface area contributed by atoms with Gasteiger partial charge in [0.05, 0.1) is 5.41 Å². The minimum atomic E-state index is -1.29. The molecule has 5 amide bonds. The molecular weight excluding hydrogens is 686 g/mol. The minimum Gasteiger partial charge on any atom is -0.460 e. The van der Waals surface area contributed by atoms with Crippen LogP contribution in [0.15, 0.2) is 73.3 Å². The lowest BCUT2D eigenvalue weighted by molar-refractivity contribution is -0.160. The highest BCUT2D eigenvalue weighted by Crippen LogP contribution is 2.30. The number of allylic oxidation sites excluding steroid dienone is 1. The van der Waals surface area contributed by atoms with Crippen molar-refractivity contribution in [3.8, 4) is 0 Å². The highest BCUT2D eigenvalue weighted by molar-refractivity contribution is 5.97. The van der Waals surface area contributed by atoms with E-state index in [1.807, 2.05) is 74.5 Å². The normalized spacial score (nSPS) is 24.9. The van der Waals surface area contributed by atoms with Gasteiger partial charge < -0.3 is 30.1 Å². The second-order valence-corrected chi connectivity index (χ2v) is 15.3. The molecule has 0 bridgehead atoms. The standard InChI is InChI=1S/C42H57N5O7/c1-8-9-12-23-34-42(4,5)41(53)44-36(28(2)3)40(52)46(7)33(26-30-20-15-11-16-21-30)39(51)47-24-17-22-31(47)38(50)45(6)32(25-29-18-13-10-14-19-29)37(49)43-27-35(48)54-34/h8,10-11,13-16,18-21,28,31-34,36H,1,9,12,17,22-27H2,2-7H3,(H,43,49)(H,44,53)/t31-,32-,33-,34-,36-/m0/s1. The average molecular weight is 744 g/mol. The number of fused-ring (bicyclic) bond motifs is 1. The smallest absolute Gasteiger partial charge is 0.325 e. The maximum absolute atomic E-state index is 14.7. The summed E-state index contributed by atoms with van der Waals surface area (Å²) in [5, 5.41) is 5.61. The van der Waals surface area contributed by atoms with Crippen molar-refractivity contribution in [2.45, 2.75) is 103 Å². The van der Waals surface area contributed by atoms with Crippen molar-refractivity contribution >= 4 is 35.5 Å². The SMILES string of the molecule is C=CCCC[C@@H]1OC(=O)CNC(=O)[C@H](Cc2ccccc2)N(C)C(=O)[C@@H]2CCCN2C(=O)[C@H](Cc2ccccc2)N(C)C(=O)[C@H](C(C)C)NC(=O)C1(C)C. The zero-order valence-electron chi connectivity index (χ0n) is 32.6. The van der Waals surface area contributed by atoms with Crippen LogP contribution < -0.4 is 10.6 Å². The number of carbonyl (C=O) groups excluding carboxylic acids is 6. The van der Waals surface area contributed by atoms with Gasteiger partial charge in [0.15, 0.2) is 0 Å². The van der Waals surface area contributed by atoms with Crippen LogP contribution in [0.25, 0.3) is 0 Å². The Morgan fingerprint density at radius 3 is 2.00 bits per heavy atom. The summed E-state index contributed by atoms with van der Waals surface area (Å²) in [5.41, 5.74) is 0.332. The number of hydrogen-bond acceptors (Lipinski definition) is 7. The molecule has 0 saturated carbocycles. The van der Waals surface area contributed by atoms with E-state index < -0.39 is 77.7 Å². The molecule has 0 radical (unpaired) electrons. The Morgan fingerprint density at radius 2 is 1.43 bits per heavy atom. The average Bonchev–Trinajstić information content (AvgIpc) is 3.66. The molecule has 0 unspecified atom stereocenters. The summed E-state index contributed by atoms with van der Waals surface area (Å²) < 4.78 is 5.92. The summed E-state index contributed by atoms with van der Waals surface area (Å²) >= 11 is 0. The van der Waals surface area contributed by atoms with Crippen molar-refractivity contribution in [3.63, 3.8) is 0 Å². The van der Waals surface area contributed by atoms with Crippen molar-refractivity contribution in [1.29, 1.82) is 0 Å². The van der Waals surface area contributed by atoms with Gasteiger partial charge in [-0.15, -0.1) is 6.58 Å². The van der Waals surface area contributed by atoms with E-state index in [1.54, 1.807) is 27.0 Å². The van der Waals surface area contributed by atoms with Gasteiger partial charge in [0.1, 0.15) is 36.8 Å². The van der Waals surface area contributed by atoms with E-state index in [-0.39, 0.29) is 18.8 Å². The maximum atomic E-state index is 14.7. The van der Waals surface area contributed by atoms with Crippen LogP contribution in [0.5, 0.6) is 0 Å². The quantitative estimate of drug-likeness (QED) is 0.227. The fourth-order valence-electron chi connectivity index (χ4n) is 7.19. The summed E-state index contributed by atoms with van der Waals surface area (Å²) in [5.74, 6) is -3.44. The molecule has 292 valence electrons. The lowest BCUT2D eigenvalue weighted by Gasteiger charge is -2.38. The molecule has 2 heterocycles. The monoisotopic (exact) mass is 743 g/mol. The number of likely N-dealkylation sites (N-methyl/N-ethyl adjacent to an activating group) is 2. The second kappa shape index (κ2) is 18.9. The first-order valence-electron chi connectivity index (χ1n) is 19.0. The lowest BCUT2D eigenvalue weighted by Crippen LogP contribution is -2.60. The van der Waals surface area contributed by atoms with Crippen LogP contribution in [0.2, 0.25) is 0 Å². The Labute approximate surface area is 319 Å². The minimum absolute atomic E-state index is 0.159. The molecule has 0 spiro atoms. The Bertz CT molecular complexity index is 1650. The van der Waals surface area contributed by atoms with Crippen molar-refractivity contribution < 1.29 is 33.5 Å². The summed E-state index contributed by atoms with van der Waals surface area (Å²) in [6.45, 7) is 10.5. The summed E-state index contributed by atoms with van der Waals surface area (Å²) in [4.78, 5) is 89.2. The van der Waals surface area contributed by atoms with E-state index in [1.165, 1.54) is 21.7 Å². The van der Waals surface area contributed by atoms with Gasteiger partial charge in [-0.25, -0.2) is 0 Å². The molecule has 4 rings (SSSR count). The van der Waals surface area contributed by atoms with Crippen LogP contribution in [0, 0.1) is 11.3 Å². The second-order valence-electron chi connectivity index (χ2n) is 15.3. The number of cyclic esters (lactones) is 1. The molecule has 2 N–H and O–H groups in total. The van der Waals surface area contributed by atoms with Crippen LogP contribution in [0.4, 0.5) is 0 Å². The van der Waals surface area contributed by atoms with Crippen LogP contribution >= 0.6 is 0 Å². The number of amides is 5. The molecule has 12 nitrogen and oxygen atoms in total. The van der Waals surface area contributed by atoms with Crippen molar-refractivity contribution in [2.75, 3.05) is 27.2 Å². The Morgan fingerprint density at radius 1 is 0.852 bits per heavy atom. The molecular formula is C42H57N5O7. The zero-order valence-corrected chi connectivity index (χ0v) is 32.6. The van der Waals surface area contributed by atoms with Crippen molar-refractivity contribution in [3.05, 3.63) is 84.4 Å². The number of carbonyl (C=O) groups is 6. The number of benzene rings is 2. The van der Waals surface area contributed by atoms with Crippen LogP contribution in [-0.2, 0) is 46.3 Å². The molecule has 2 aromatic rings. The molecule has 12 heteroatoms. The van der Waals surface area contributed by atoms with Crippen LogP contribution in [0.3, 0.4) is 0 Å². The Hall–Kier alpha value is -5.00. The van der Waals surface area contributed by atoms with Gasteiger partial charge in [0.2, 0.25) is 29.5 Å². The Kier molecular flexibility index (Phi) is 14.6. The molecule has 0 aliphatic carbocycles. The molecule has 54 heavy (non-hydrogen) atoms. The van der Waals surface area contributed by atoms with Crippen molar-refractivity contribution in [1.82, 2.24) is 25.3 Å². The van der Waals surface area contributed by atoms with Gasteiger partial charge in [-0.3, -0.25) is 28.8 Å². The van der Waals surface area contributed by atoms with E-state index in [9.17, 15) is 28.8 Å². The van der Waals surface area contributed by atoms with Crippen LogP contribution in [-0.4, -0.2) is 108 Å². The fourth-order valence-corrected chi connectivity index (χ4v) is 7.19. The first-order chi connectivity index (χ1) is 25.7. The highest BCUT2D eigenvalue weighted by atomic mass is 16.5. The molecule has 2 aromatic carbocycles. The largest absolute Gasteiger partial charge is 0.460 e. The molecule has 2 aliphatic heterocycles. The number of rotatable bonds is 9. The summed E-state index contributed by atoms with van der Waals surface area (Å²) in [6.07, 6.45) is 3.63. The van der Waals surface area contributed by atoms with Gasteiger partial charge in [-0.05, 0) is 63.0 Å². The summed E-state index contributed by atoms with van der Waals surface area (Å²) in [6, 6.07) is 14.7. The first kappa shape index (κ1) is 41.8. The maximum Gasteiger partial charge on any atom is 0.325 e. The topological polar surface area (TPSA) is 145 Å². The predicted molar refractivity (Wildman–Crippen MR) is 206 cm³/mol. The van der Waals surface area contributed by atoms with Gasteiger partial charge in [-0.2, -0.15) is 0 Å². The van der Waals surface area contributed by atoms with E-state index in [0.29, 0.717) is 38.6 Å². The number of unbranched alkanes of at least 4 members (excludes halogenated alkanes) is 1. The zero-order chi connectivity index (χ0) is 39.6. The van der Waals surface area contributed by atoms with Gasteiger partial charge >= 0.3 is 5.97 Å². The van der Waals surface area contributed by atoms with E-state index in [2.05, 4.69) is 17.2 Å². The number of ether oxygens (including phenoxy) is 1. The third-order valence-electron chi connectivity index (χ3n) is 10.7. The molecule has 5 atom stereocenters. The molecule has 2 aliphatic rings. The van der Waals surface area contributed by atoms with Gasteiger partial charge in [-0.1, -0.05) is 80.6 Å². The third-order valence-corrected chi connectivity index (χ3v) is 10.7. The number of hydrogen-bond donors (Lipinski definition) is 2. The number of nitrogens with one attached hydrogen (secondary N) is 2. The van der Waals surface area contributed by atoms with E-state index in [0.717, 1.165) is 11.1 Å². The highest BCUT2D eigenvalue weighted by Gasteiger charge is 2.45. The molecule has 2 saturated heterocycles. The van der Waals surface area contributed by atoms with E-state index in [4.69, 9.17) is 4.74 Å². The van der Waals surface area contributed by atoms with Crippen molar-refractivity contribution in [2.24, 2.45) is 11.3 Å². The third kappa shape index (κ3) is 10.1. The summed E-state index contributed by atoms with van der Waals surface area (Å²) in [7, 11) is 3.10. The number of nitrogens with zero attached hydrogens (tertiary/aromatic N) is 3. The van der Waals surface area contributed by atoms with Gasteiger partial charge in [0.25, 0.3) is 0 Å². The first-order valence-corrected chi connectivity index (χ1v) is 19.0. The molecule has 0 aromatic heterocycles. The van der Waals surface area contributed by atoms with Crippen LogP contribution in [0.1, 0.15) is 70.9 Å². The molecule has 2 fully saturated rings. The Balaban J connectivity index is 1.80. The lowest BCUT2D eigenvalue weighted by atomic mass is 9.82. The number of esters is 1. The van der Waals surface area contributed by atoms with E-state index >= 15 is 0 Å². The predicted octanol–water partition coefficient (Wildman–Crippen LogP) is 3.68.